The van der Waals surface area contributed by atoms with Crippen LogP contribution in [0.2, 0.25) is 0 Å². The van der Waals surface area contributed by atoms with Crippen molar-refractivity contribution in [2.45, 2.75) is 39.8 Å². The second kappa shape index (κ2) is 6.50. The van der Waals surface area contributed by atoms with Crippen LogP contribution in [0.25, 0.3) is 0 Å². The summed E-state index contributed by atoms with van der Waals surface area (Å²) in [4.78, 5) is 13.1. The van der Waals surface area contributed by atoms with Crippen LogP contribution in [-0.4, -0.2) is 28.6 Å². The van der Waals surface area contributed by atoms with Gasteiger partial charge in [0.1, 0.15) is 5.82 Å². The molecule has 0 spiro atoms. The standard InChI is InChI=1S/C14H20FNO2/c1-4-10(3)16(5-2)9-11-6-7-13(15)12(8-11)14(17)18/h6-8,10H,4-5,9H2,1-3H3,(H,17,18). The summed E-state index contributed by atoms with van der Waals surface area (Å²) < 4.78 is 13.3. The Morgan fingerprint density at radius 2 is 2.11 bits per heavy atom. The second-order valence-electron chi connectivity index (χ2n) is 4.44. The van der Waals surface area contributed by atoms with E-state index in [4.69, 9.17) is 5.11 Å². The van der Waals surface area contributed by atoms with Crippen LogP contribution >= 0.6 is 0 Å². The molecule has 3 nitrogen and oxygen atoms in total. The summed E-state index contributed by atoms with van der Waals surface area (Å²) in [7, 11) is 0. The molecule has 0 aliphatic carbocycles. The highest BCUT2D eigenvalue weighted by Crippen LogP contribution is 2.14. The van der Waals surface area contributed by atoms with Crippen molar-refractivity contribution in [3.05, 3.63) is 35.1 Å². The highest BCUT2D eigenvalue weighted by Gasteiger charge is 2.14. The summed E-state index contributed by atoms with van der Waals surface area (Å²) in [5.41, 5.74) is 0.573. The number of halogens is 1. The van der Waals surface area contributed by atoms with Crippen molar-refractivity contribution >= 4 is 5.97 Å². The van der Waals surface area contributed by atoms with Crippen LogP contribution in [0.1, 0.15) is 43.1 Å². The Morgan fingerprint density at radius 1 is 1.44 bits per heavy atom. The minimum Gasteiger partial charge on any atom is -0.478 e. The van der Waals surface area contributed by atoms with Gasteiger partial charge in [0.25, 0.3) is 0 Å². The smallest absolute Gasteiger partial charge is 0.338 e. The molecule has 1 aromatic rings. The van der Waals surface area contributed by atoms with Crippen molar-refractivity contribution in [1.29, 1.82) is 0 Å². The molecule has 0 amide bonds. The highest BCUT2D eigenvalue weighted by molar-refractivity contribution is 5.88. The van der Waals surface area contributed by atoms with Gasteiger partial charge in [-0.15, -0.1) is 0 Å². The van der Waals surface area contributed by atoms with Gasteiger partial charge in [0.15, 0.2) is 0 Å². The number of nitrogens with zero attached hydrogens (tertiary/aromatic N) is 1. The molecule has 18 heavy (non-hydrogen) atoms. The minimum atomic E-state index is -1.22. The Kier molecular flexibility index (Phi) is 5.28. The molecule has 1 atom stereocenters. The van der Waals surface area contributed by atoms with Gasteiger partial charge in [-0.2, -0.15) is 0 Å². The van der Waals surface area contributed by atoms with Crippen molar-refractivity contribution in [1.82, 2.24) is 4.90 Å². The van der Waals surface area contributed by atoms with Gasteiger partial charge >= 0.3 is 5.97 Å². The lowest BCUT2D eigenvalue weighted by Gasteiger charge is -2.27. The molecule has 0 heterocycles. The Bertz CT molecular complexity index is 420. The van der Waals surface area contributed by atoms with Crippen LogP contribution < -0.4 is 0 Å². The average Bonchev–Trinajstić information content (AvgIpc) is 2.36. The number of carbonyl (C=O) groups is 1. The zero-order chi connectivity index (χ0) is 13.7. The van der Waals surface area contributed by atoms with Gasteiger partial charge in [-0.3, -0.25) is 4.90 Å². The fourth-order valence-electron chi connectivity index (χ4n) is 1.91. The molecule has 100 valence electrons. The summed E-state index contributed by atoms with van der Waals surface area (Å²) in [6.07, 6.45) is 1.03. The maximum Gasteiger partial charge on any atom is 0.338 e. The molecule has 0 bridgehead atoms. The highest BCUT2D eigenvalue weighted by atomic mass is 19.1. The molecule has 0 saturated carbocycles. The number of aromatic carboxylic acids is 1. The maximum absolute atomic E-state index is 13.3. The largest absolute Gasteiger partial charge is 0.478 e. The lowest BCUT2D eigenvalue weighted by molar-refractivity contribution is 0.0691. The summed E-state index contributed by atoms with van der Waals surface area (Å²) in [5, 5.41) is 8.88. The number of carboxylic acid groups (broad SMARTS) is 1. The van der Waals surface area contributed by atoms with Crippen molar-refractivity contribution in [2.75, 3.05) is 6.54 Å². The maximum atomic E-state index is 13.3. The first-order valence-electron chi connectivity index (χ1n) is 6.25. The van der Waals surface area contributed by atoms with E-state index in [1.54, 1.807) is 6.07 Å². The molecular formula is C14H20FNO2. The Morgan fingerprint density at radius 3 is 2.61 bits per heavy atom. The van der Waals surface area contributed by atoms with Crippen molar-refractivity contribution in [2.24, 2.45) is 0 Å². The van der Waals surface area contributed by atoms with E-state index in [1.807, 2.05) is 0 Å². The average molecular weight is 253 g/mol. The van der Waals surface area contributed by atoms with E-state index in [-0.39, 0.29) is 5.56 Å². The van der Waals surface area contributed by atoms with Crippen LogP contribution in [0.15, 0.2) is 18.2 Å². The van der Waals surface area contributed by atoms with E-state index in [9.17, 15) is 9.18 Å². The zero-order valence-corrected chi connectivity index (χ0v) is 11.1. The van der Waals surface area contributed by atoms with E-state index in [2.05, 4.69) is 25.7 Å². The van der Waals surface area contributed by atoms with Crippen LogP contribution in [0, 0.1) is 5.82 Å². The van der Waals surface area contributed by atoms with Crippen LogP contribution in [0.3, 0.4) is 0 Å². The molecule has 0 aliphatic rings. The van der Waals surface area contributed by atoms with Crippen LogP contribution in [0.4, 0.5) is 4.39 Å². The lowest BCUT2D eigenvalue weighted by atomic mass is 10.1. The van der Waals surface area contributed by atoms with Gasteiger partial charge in [0, 0.05) is 12.6 Å². The predicted molar refractivity (Wildman–Crippen MR) is 69.2 cm³/mol. The third-order valence-electron chi connectivity index (χ3n) is 3.27. The topological polar surface area (TPSA) is 40.5 Å². The molecule has 0 aliphatic heterocycles. The van der Waals surface area contributed by atoms with E-state index >= 15 is 0 Å². The van der Waals surface area contributed by atoms with Gasteiger partial charge in [-0.05, 0) is 37.6 Å². The van der Waals surface area contributed by atoms with Crippen molar-refractivity contribution in [3.8, 4) is 0 Å². The summed E-state index contributed by atoms with van der Waals surface area (Å²) in [6, 6.07) is 4.71. The third-order valence-corrected chi connectivity index (χ3v) is 3.27. The van der Waals surface area contributed by atoms with Gasteiger partial charge in [0.2, 0.25) is 0 Å². The quantitative estimate of drug-likeness (QED) is 0.846. The second-order valence-corrected chi connectivity index (χ2v) is 4.44. The molecule has 0 saturated heterocycles. The van der Waals surface area contributed by atoms with E-state index in [0.717, 1.165) is 18.5 Å². The van der Waals surface area contributed by atoms with E-state index in [0.29, 0.717) is 12.6 Å². The molecule has 0 aromatic heterocycles. The third kappa shape index (κ3) is 3.53. The normalized spacial score (nSPS) is 12.7. The van der Waals surface area contributed by atoms with E-state index < -0.39 is 11.8 Å². The van der Waals surface area contributed by atoms with Crippen LogP contribution in [-0.2, 0) is 6.54 Å². The number of hydrogen-bond acceptors (Lipinski definition) is 2. The number of carboxylic acids is 1. The molecule has 1 N–H and O–H groups in total. The number of benzene rings is 1. The van der Waals surface area contributed by atoms with E-state index in [1.165, 1.54) is 12.1 Å². The fourth-order valence-corrected chi connectivity index (χ4v) is 1.91. The fraction of sp³-hybridized carbons (Fsp3) is 0.500. The summed E-state index contributed by atoms with van der Waals surface area (Å²) in [5.74, 6) is -1.90. The predicted octanol–water partition coefficient (Wildman–Crippen LogP) is 3.14. The molecule has 4 heteroatoms. The Hall–Kier alpha value is -1.42. The van der Waals surface area contributed by atoms with Gasteiger partial charge in [-0.25, -0.2) is 9.18 Å². The van der Waals surface area contributed by atoms with Crippen molar-refractivity contribution in [3.63, 3.8) is 0 Å². The molecular weight excluding hydrogens is 233 g/mol. The monoisotopic (exact) mass is 253 g/mol. The Labute approximate surface area is 107 Å². The molecule has 1 aromatic carbocycles. The molecule has 1 unspecified atom stereocenters. The molecule has 0 fully saturated rings. The first-order valence-corrected chi connectivity index (χ1v) is 6.25. The van der Waals surface area contributed by atoms with Gasteiger partial charge in [0.05, 0.1) is 5.56 Å². The first kappa shape index (κ1) is 14.6. The van der Waals surface area contributed by atoms with Gasteiger partial charge < -0.3 is 5.11 Å². The minimum absolute atomic E-state index is 0.257. The zero-order valence-electron chi connectivity index (χ0n) is 11.1. The summed E-state index contributed by atoms with van der Waals surface area (Å²) in [6.45, 7) is 7.83. The first-order chi connectivity index (χ1) is 8.49. The van der Waals surface area contributed by atoms with Crippen molar-refractivity contribution < 1.29 is 14.3 Å². The SMILES string of the molecule is CCC(C)N(CC)Cc1ccc(F)c(C(=O)O)c1. The summed E-state index contributed by atoms with van der Waals surface area (Å²) >= 11 is 0. The Balaban J connectivity index is 2.90. The number of hydrogen-bond donors (Lipinski definition) is 1. The number of rotatable bonds is 6. The van der Waals surface area contributed by atoms with Crippen LogP contribution in [0.5, 0.6) is 0 Å². The molecule has 1 rings (SSSR count). The van der Waals surface area contributed by atoms with Gasteiger partial charge in [-0.1, -0.05) is 19.9 Å². The lowest BCUT2D eigenvalue weighted by Crippen LogP contribution is -2.31. The molecule has 0 radical (unpaired) electrons.